The fourth-order valence-corrected chi connectivity index (χ4v) is 5.25. The molecule has 26 heavy (non-hydrogen) atoms. The summed E-state index contributed by atoms with van der Waals surface area (Å²) in [4.78, 5) is 2.67. The molecule has 2 bridgehead atoms. The van der Waals surface area contributed by atoms with Crippen molar-refractivity contribution in [1.82, 2.24) is 4.90 Å². The van der Waals surface area contributed by atoms with E-state index in [1.54, 1.807) is 0 Å². The highest BCUT2D eigenvalue weighted by Crippen LogP contribution is 2.46. The molecule has 2 heteroatoms. The maximum atomic E-state index is 11.7. The highest BCUT2D eigenvalue weighted by molar-refractivity contribution is 5.40. The van der Waals surface area contributed by atoms with Gasteiger partial charge in [-0.05, 0) is 74.3 Å². The van der Waals surface area contributed by atoms with Crippen molar-refractivity contribution in [3.8, 4) is 0 Å². The molecular weight excluding hydrogens is 318 g/mol. The second-order valence-electron chi connectivity index (χ2n) is 8.59. The molecule has 0 radical (unpaired) electrons. The predicted molar refractivity (Wildman–Crippen MR) is 107 cm³/mol. The average Bonchev–Trinajstić information content (AvgIpc) is 2.60. The van der Waals surface area contributed by atoms with E-state index in [4.69, 9.17) is 0 Å². The molecule has 0 aliphatic carbocycles. The zero-order valence-electron chi connectivity index (χ0n) is 16.3. The zero-order valence-corrected chi connectivity index (χ0v) is 16.3. The minimum absolute atomic E-state index is 0.480. The number of nitrogens with zero attached hydrogens (tertiary/aromatic N) is 1. The van der Waals surface area contributed by atoms with Crippen LogP contribution in [-0.4, -0.2) is 22.1 Å². The largest absolute Gasteiger partial charge is 0.385 e. The second kappa shape index (κ2) is 6.83. The summed E-state index contributed by atoms with van der Waals surface area (Å²) in [6, 6.07) is 16.2. The third-order valence-corrected chi connectivity index (χ3v) is 6.71. The van der Waals surface area contributed by atoms with Gasteiger partial charge in [0.25, 0.3) is 0 Å². The predicted octanol–water partition coefficient (Wildman–Crippen LogP) is 5.02. The molecule has 2 aliphatic heterocycles. The molecular formula is C24H31NO. The minimum Gasteiger partial charge on any atom is -0.385 e. The van der Waals surface area contributed by atoms with Crippen LogP contribution in [0, 0.1) is 20.8 Å². The Morgan fingerprint density at radius 2 is 1.54 bits per heavy atom. The summed E-state index contributed by atoms with van der Waals surface area (Å²) in [5.74, 6) is 0. The lowest BCUT2D eigenvalue weighted by Gasteiger charge is -2.52. The number of fused-ring (bicyclic) bond motifs is 2. The normalized spacial score (nSPS) is 28.9. The fraction of sp³-hybridized carbons (Fsp3) is 0.500. The number of piperidine rings is 2. The van der Waals surface area contributed by atoms with Crippen molar-refractivity contribution in [2.45, 2.75) is 77.1 Å². The van der Waals surface area contributed by atoms with Crippen molar-refractivity contribution in [2.24, 2.45) is 0 Å². The molecule has 138 valence electrons. The Hall–Kier alpha value is -1.64. The van der Waals surface area contributed by atoms with E-state index in [1.165, 1.54) is 41.5 Å². The first-order valence-corrected chi connectivity index (χ1v) is 10.1. The van der Waals surface area contributed by atoms with Gasteiger partial charge in [-0.15, -0.1) is 0 Å². The van der Waals surface area contributed by atoms with E-state index < -0.39 is 5.60 Å². The lowest BCUT2D eigenvalue weighted by Crippen LogP contribution is -2.56. The summed E-state index contributed by atoms with van der Waals surface area (Å²) in [6.45, 7) is 7.49. The number of hydrogen-bond acceptors (Lipinski definition) is 2. The standard InChI is InChI=1S/C24H31NO/c1-17-12-19(3)23(13-18(17)2)24(26)14-21-10-7-11-22(15-24)25(21)16-20-8-5-4-6-9-20/h4-6,8-9,12-13,21-22,26H,7,10-11,14-16H2,1-3H3. The van der Waals surface area contributed by atoms with Gasteiger partial charge in [-0.3, -0.25) is 4.90 Å². The van der Waals surface area contributed by atoms with Gasteiger partial charge in [0, 0.05) is 18.6 Å². The van der Waals surface area contributed by atoms with Gasteiger partial charge < -0.3 is 5.11 Å². The third kappa shape index (κ3) is 3.21. The number of aliphatic hydroxyl groups is 1. The van der Waals surface area contributed by atoms with Gasteiger partial charge in [0.2, 0.25) is 0 Å². The van der Waals surface area contributed by atoms with Crippen molar-refractivity contribution in [1.29, 1.82) is 0 Å². The van der Waals surface area contributed by atoms with Gasteiger partial charge in [-0.25, -0.2) is 0 Å². The molecule has 2 heterocycles. The molecule has 2 aromatic carbocycles. The molecule has 2 fully saturated rings. The van der Waals surface area contributed by atoms with E-state index in [9.17, 15) is 5.11 Å². The Labute approximate surface area is 157 Å². The molecule has 0 amide bonds. The van der Waals surface area contributed by atoms with Crippen molar-refractivity contribution in [3.63, 3.8) is 0 Å². The number of aryl methyl sites for hydroxylation is 3. The van der Waals surface area contributed by atoms with Crippen LogP contribution < -0.4 is 0 Å². The van der Waals surface area contributed by atoms with E-state index in [1.807, 2.05) is 0 Å². The van der Waals surface area contributed by atoms with E-state index >= 15 is 0 Å². The first-order chi connectivity index (χ1) is 12.5. The topological polar surface area (TPSA) is 23.5 Å². The molecule has 0 saturated carbocycles. The van der Waals surface area contributed by atoms with Gasteiger partial charge in [-0.1, -0.05) is 48.9 Å². The van der Waals surface area contributed by atoms with Crippen LogP contribution in [0.2, 0.25) is 0 Å². The van der Waals surface area contributed by atoms with Crippen molar-refractivity contribution < 1.29 is 5.11 Å². The summed E-state index contributed by atoms with van der Waals surface area (Å²) < 4.78 is 0. The van der Waals surface area contributed by atoms with Crippen LogP contribution in [0.25, 0.3) is 0 Å². The van der Waals surface area contributed by atoms with Crippen molar-refractivity contribution >= 4 is 0 Å². The SMILES string of the molecule is Cc1cc(C)c(C2(O)CC3CCCC(C2)N3Cc2ccccc2)cc1C. The van der Waals surface area contributed by atoms with Crippen LogP contribution in [0.3, 0.4) is 0 Å². The lowest BCUT2D eigenvalue weighted by atomic mass is 9.71. The van der Waals surface area contributed by atoms with Crippen LogP contribution in [0.4, 0.5) is 0 Å². The van der Waals surface area contributed by atoms with Crippen LogP contribution in [0.5, 0.6) is 0 Å². The monoisotopic (exact) mass is 349 g/mol. The summed E-state index contributed by atoms with van der Waals surface area (Å²) in [5, 5.41) is 11.7. The van der Waals surface area contributed by atoms with E-state index in [-0.39, 0.29) is 0 Å². The van der Waals surface area contributed by atoms with Gasteiger partial charge in [0.05, 0.1) is 5.60 Å². The molecule has 2 atom stereocenters. The van der Waals surface area contributed by atoms with Crippen LogP contribution >= 0.6 is 0 Å². The smallest absolute Gasteiger partial charge is 0.0929 e. The fourth-order valence-electron chi connectivity index (χ4n) is 5.25. The molecule has 4 rings (SSSR count). The first-order valence-electron chi connectivity index (χ1n) is 10.1. The molecule has 0 aromatic heterocycles. The molecule has 1 N–H and O–H groups in total. The van der Waals surface area contributed by atoms with E-state index in [0.717, 1.165) is 24.9 Å². The minimum atomic E-state index is -0.675. The number of hydrogen-bond donors (Lipinski definition) is 1. The van der Waals surface area contributed by atoms with Gasteiger partial charge >= 0.3 is 0 Å². The van der Waals surface area contributed by atoms with E-state index in [2.05, 4.69) is 68.1 Å². The molecule has 2 aromatic rings. The first kappa shape index (κ1) is 17.8. The summed E-state index contributed by atoms with van der Waals surface area (Å²) in [7, 11) is 0. The Bertz CT molecular complexity index is 768. The number of rotatable bonds is 3. The third-order valence-electron chi connectivity index (χ3n) is 6.71. The Morgan fingerprint density at radius 1 is 0.923 bits per heavy atom. The van der Waals surface area contributed by atoms with Crippen molar-refractivity contribution in [2.75, 3.05) is 0 Å². The lowest BCUT2D eigenvalue weighted by molar-refractivity contribution is -0.100. The van der Waals surface area contributed by atoms with E-state index in [0.29, 0.717) is 12.1 Å². The maximum Gasteiger partial charge on any atom is 0.0929 e. The molecule has 2 unspecified atom stereocenters. The Kier molecular flexibility index (Phi) is 4.66. The highest BCUT2D eigenvalue weighted by Gasteiger charge is 2.46. The summed E-state index contributed by atoms with van der Waals surface area (Å²) in [6.07, 6.45) is 5.42. The quantitative estimate of drug-likeness (QED) is 0.841. The van der Waals surface area contributed by atoms with Gasteiger partial charge in [0.15, 0.2) is 0 Å². The van der Waals surface area contributed by atoms with Gasteiger partial charge in [0.1, 0.15) is 0 Å². The second-order valence-corrected chi connectivity index (χ2v) is 8.59. The number of benzene rings is 2. The molecule has 2 nitrogen and oxygen atoms in total. The van der Waals surface area contributed by atoms with Crippen LogP contribution in [0.1, 0.15) is 59.9 Å². The van der Waals surface area contributed by atoms with Crippen LogP contribution in [-0.2, 0) is 12.1 Å². The Morgan fingerprint density at radius 3 is 2.19 bits per heavy atom. The maximum absolute atomic E-state index is 11.7. The summed E-state index contributed by atoms with van der Waals surface area (Å²) >= 11 is 0. The molecule has 2 aliphatic rings. The zero-order chi connectivity index (χ0) is 18.3. The Balaban J connectivity index is 1.62. The summed E-state index contributed by atoms with van der Waals surface area (Å²) in [5.41, 5.74) is 5.72. The van der Waals surface area contributed by atoms with Gasteiger partial charge in [-0.2, -0.15) is 0 Å². The van der Waals surface area contributed by atoms with Crippen molar-refractivity contribution in [3.05, 3.63) is 70.3 Å². The highest BCUT2D eigenvalue weighted by atomic mass is 16.3. The molecule has 0 spiro atoms. The molecule has 2 saturated heterocycles. The average molecular weight is 350 g/mol. The van der Waals surface area contributed by atoms with Crippen LogP contribution in [0.15, 0.2) is 42.5 Å².